The molecule has 0 spiro atoms. The van der Waals surface area contributed by atoms with E-state index in [0.717, 1.165) is 5.56 Å². The topological polar surface area (TPSA) is 97.5 Å². The predicted molar refractivity (Wildman–Crippen MR) is 93.2 cm³/mol. The summed E-state index contributed by atoms with van der Waals surface area (Å²) in [5.41, 5.74) is 1.65. The van der Waals surface area contributed by atoms with Crippen molar-refractivity contribution < 1.29 is 22.7 Å². The number of nitrogens with one attached hydrogen (secondary N) is 2. The Kier molecular flexibility index (Phi) is 5.86. The second-order valence-corrected chi connectivity index (χ2v) is 7.18. The molecule has 0 aliphatic rings. The van der Waals surface area contributed by atoms with Crippen LogP contribution in [-0.2, 0) is 21.3 Å². The summed E-state index contributed by atoms with van der Waals surface area (Å²) in [5, 5.41) is 0. The highest BCUT2D eigenvalue weighted by atomic mass is 32.2. The number of carbonyl (C=O) groups is 1. The third kappa shape index (κ3) is 4.21. The van der Waals surface area contributed by atoms with Crippen LogP contribution in [0.4, 0.5) is 0 Å². The molecule has 0 radical (unpaired) electrons. The Morgan fingerprint density at radius 2 is 2.00 bits per heavy atom. The molecule has 136 valence electrons. The lowest BCUT2D eigenvalue weighted by Crippen LogP contribution is -2.24. The highest BCUT2D eigenvalue weighted by Crippen LogP contribution is 2.24. The maximum Gasteiger partial charge on any atom is 0.355 e. The number of benzene rings is 1. The summed E-state index contributed by atoms with van der Waals surface area (Å²) in [5.74, 6) is 0.0765. The molecule has 7 nitrogen and oxygen atoms in total. The largest absolute Gasteiger partial charge is 0.497 e. The lowest BCUT2D eigenvalue weighted by molar-refractivity contribution is 0.0519. The number of sulfonamides is 1. The Labute approximate surface area is 147 Å². The number of aromatic nitrogens is 1. The molecule has 0 amide bonds. The number of ether oxygens (including phenoxy) is 2. The number of H-pyrrole nitrogens is 1. The fourth-order valence-electron chi connectivity index (χ4n) is 2.58. The molecule has 0 bridgehead atoms. The van der Waals surface area contributed by atoms with Gasteiger partial charge in [0.25, 0.3) is 0 Å². The number of carbonyl (C=O) groups excluding carboxylic acids is 1. The van der Waals surface area contributed by atoms with Crippen LogP contribution in [0.25, 0.3) is 0 Å². The summed E-state index contributed by atoms with van der Waals surface area (Å²) in [4.78, 5) is 14.8. The van der Waals surface area contributed by atoms with E-state index >= 15 is 0 Å². The summed E-state index contributed by atoms with van der Waals surface area (Å²) < 4.78 is 38.0. The molecule has 8 heteroatoms. The number of rotatable bonds is 7. The summed E-state index contributed by atoms with van der Waals surface area (Å²) in [6, 6.07) is 7.12. The van der Waals surface area contributed by atoms with Crippen LogP contribution in [0.2, 0.25) is 0 Å². The minimum absolute atomic E-state index is 0.0680. The van der Waals surface area contributed by atoms with E-state index < -0.39 is 16.0 Å². The van der Waals surface area contributed by atoms with Crippen molar-refractivity contribution >= 4 is 16.0 Å². The smallest absolute Gasteiger partial charge is 0.355 e. The lowest BCUT2D eigenvalue weighted by atomic mass is 10.2. The maximum absolute atomic E-state index is 12.7. The van der Waals surface area contributed by atoms with E-state index in [9.17, 15) is 13.2 Å². The quantitative estimate of drug-likeness (QED) is 0.733. The van der Waals surface area contributed by atoms with Gasteiger partial charge < -0.3 is 14.5 Å². The van der Waals surface area contributed by atoms with Gasteiger partial charge in [-0.25, -0.2) is 17.9 Å². The van der Waals surface area contributed by atoms with Gasteiger partial charge in [0.1, 0.15) is 16.3 Å². The van der Waals surface area contributed by atoms with Gasteiger partial charge in [0, 0.05) is 17.8 Å². The molecular formula is C17H22N2O5S. The van der Waals surface area contributed by atoms with Gasteiger partial charge in [0.15, 0.2) is 0 Å². The number of methoxy groups -OCH3 is 1. The monoisotopic (exact) mass is 366 g/mol. The van der Waals surface area contributed by atoms with E-state index in [1.165, 1.54) is 0 Å². The van der Waals surface area contributed by atoms with Crippen molar-refractivity contribution in [1.29, 1.82) is 0 Å². The molecule has 0 fully saturated rings. The fourth-order valence-corrected chi connectivity index (χ4v) is 4.04. The molecule has 1 aromatic heterocycles. The van der Waals surface area contributed by atoms with Crippen molar-refractivity contribution in [1.82, 2.24) is 9.71 Å². The van der Waals surface area contributed by atoms with Crippen molar-refractivity contribution in [2.24, 2.45) is 0 Å². The molecule has 0 unspecified atom stereocenters. The Morgan fingerprint density at radius 3 is 2.64 bits per heavy atom. The number of esters is 1. The van der Waals surface area contributed by atoms with Crippen molar-refractivity contribution in [2.75, 3.05) is 13.7 Å². The third-order valence-electron chi connectivity index (χ3n) is 3.72. The van der Waals surface area contributed by atoms with E-state index in [1.54, 1.807) is 52.1 Å². The minimum atomic E-state index is -3.80. The van der Waals surface area contributed by atoms with Gasteiger partial charge in [-0.1, -0.05) is 12.1 Å². The Hall–Kier alpha value is -2.32. The molecule has 0 saturated carbocycles. The summed E-state index contributed by atoms with van der Waals surface area (Å²) in [6.45, 7) is 5.20. The Morgan fingerprint density at radius 1 is 1.28 bits per heavy atom. The van der Waals surface area contributed by atoms with Gasteiger partial charge in [0.05, 0.1) is 13.7 Å². The normalized spacial score (nSPS) is 11.4. The first-order valence-electron chi connectivity index (χ1n) is 7.79. The molecule has 0 aliphatic carbocycles. The fraction of sp³-hybridized carbons (Fsp3) is 0.353. The van der Waals surface area contributed by atoms with Gasteiger partial charge in [-0.15, -0.1) is 0 Å². The van der Waals surface area contributed by atoms with Gasteiger partial charge in [-0.2, -0.15) is 0 Å². The van der Waals surface area contributed by atoms with Gasteiger partial charge in [0.2, 0.25) is 10.0 Å². The van der Waals surface area contributed by atoms with E-state index in [0.29, 0.717) is 17.0 Å². The van der Waals surface area contributed by atoms with Crippen LogP contribution in [0, 0.1) is 13.8 Å². The number of hydrogen-bond acceptors (Lipinski definition) is 5. The van der Waals surface area contributed by atoms with Gasteiger partial charge in [-0.05, 0) is 38.5 Å². The van der Waals surface area contributed by atoms with Crippen LogP contribution in [0.3, 0.4) is 0 Å². The first-order chi connectivity index (χ1) is 11.8. The molecule has 0 aliphatic heterocycles. The summed E-state index contributed by atoms with van der Waals surface area (Å²) in [7, 11) is -2.25. The SMILES string of the molecule is CCOC(=O)c1[nH]c(C)c(S(=O)(=O)NCc2cccc(OC)c2)c1C. The van der Waals surface area contributed by atoms with Crippen LogP contribution < -0.4 is 9.46 Å². The van der Waals surface area contributed by atoms with Crippen LogP contribution >= 0.6 is 0 Å². The van der Waals surface area contributed by atoms with Gasteiger partial charge in [-0.3, -0.25) is 0 Å². The molecule has 2 rings (SSSR count). The highest BCUT2D eigenvalue weighted by molar-refractivity contribution is 7.89. The summed E-state index contributed by atoms with van der Waals surface area (Å²) >= 11 is 0. The van der Waals surface area contributed by atoms with Crippen molar-refractivity contribution in [3.05, 3.63) is 46.8 Å². The summed E-state index contributed by atoms with van der Waals surface area (Å²) in [6.07, 6.45) is 0. The van der Waals surface area contributed by atoms with Crippen molar-refractivity contribution in [3.8, 4) is 5.75 Å². The van der Waals surface area contributed by atoms with E-state index in [-0.39, 0.29) is 23.7 Å². The first kappa shape index (κ1) is 19.0. The second-order valence-electron chi connectivity index (χ2n) is 5.48. The number of hydrogen-bond donors (Lipinski definition) is 2. The zero-order valence-electron chi connectivity index (χ0n) is 14.7. The second kappa shape index (κ2) is 7.71. The van der Waals surface area contributed by atoms with Crippen molar-refractivity contribution in [2.45, 2.75) is 32.2 Å². The van der Waals surface area contributed by atoms with Gasteiger partial charge >= 0.3 is 5.97 Å². The average molecular weight is 366 g/mol. The number of aryl methyl sites for hydroxylation is 1. The zero-order chi connectivity index (χ0) is 18.6. The molecule has 1 aromatic carbocycles. The van der Waals surface area contributed by atoms with Crippen LogP contribution in [-0.4, -0.2) is 33.1 Å². The van der Waals surface area contributed by atoms with E-state index in [4.69, 9.17) is 9.47 Å². The van der Waals surface area contributed by atoms with Crippen LogP contribution in [0.1, 0.15) is 34.2 Å². The molecular weight excluding hydrogens is 344 g/mol. The zero-order valence-corrected chi connectivity index (χ0v) is 15.5. The average Bonchev–Trinajstić information content (AvgIpc) is 2.89. The van der Waals surface area contributed by atoms with Crippen LogP contribution in [0.15, 0.2) is 29.2 Å². The maximum atomic E-state index is 12.7. The molecule has 25 heavy (non-hydrogen) atoms. The minimum Gasteiger partial charge on any atom is -0.497 e. The third-order valence-corrected chi connectivity index (χ3v) is 5.39. The Bertz CT molecular complexity index is 871. The Balaban J connectivity index is 2.26. The first-order valence-corrected chi connectivity index (χ1v) is 9.27. The van der Waals surface area contributed by atoms with E-state index in [2.05, 4.69) is 9.71 Å². The lowest BCUT2D eigenvalue weighted by Gasteiger charge is -2.09. The van der Waals surface area contributed by atoms with Crippen LogP contribution in [0.5, 0.6) is 5.75 Å². The molecule has 0 atom stereocenters. The number of aromatic amines is 1. The highest BCUT2D eigenvalue weighted by Gasteiger charge is 2.26. The van der Waals surface area contributed by atoms with Crippen molar-refractivity contribution in [3.63, 3.8) is 0 Å². The standard InChI is InChI=1S/C17H22N2O5S/c1-5-24-17(20)15-11(2)16(12(3)19-15)25(21,22)18-10-13-7-6-8-14(9-13)23-4/h6-9,18-19H,5,10H2,1-4H3. The molecule has 2 N–H and O–H groups in total. The molecule has 0 saturated heterocycles. The molecule has 2 aromatic rings. The predicted octanol–water partition coefficient (Wildman–Crippen LogP) is 2.30. The van der Waals surface area contributed by atoms with E-state index in [1.807, 2.05) is 0 Å². The molecule has 1 heterocycles.